The number of aryl methyl sites for hydroxylation is 2. The average molecular weight is 706 g/mol. The van der Waals surface area contributed by atoms with Crippen LogP contribution in [0.2, 0.25) is 5.02 Å². The maximum Gasteiger partial charge on any atom is 0.349 e. The molecule has 0 unspecified atom stereocenters. The molecule has 0 aromatic heterocycles. The molecule has 0 atom stereocenters. The van der Waals surface area contributed by atoms with E-state index in [0.29, 0.717) is 53.4 Å². The molecular formula is C36H43Cl3N2O6. The van der Waals surface area contributed by atoms with Crippen molar-refractivity contribution >= 4 is 75.9 Å². The first-order valence-electron chi connectivity index (χ1n) is 16.1. The van der Waals surface area contributed by atoms with Crippen molar-refractivity contribution in [1.29, 1.82) is 0 Å². The van der Waals surface area contributed by atoms with Crippen LogP contribution in [0.1, 0.15) is 76.5 Å². The summed E-state index contributed by atoms with van der Waals surface area (Å²) in [5, 5.41) is 0.204. The number of para-hydroxylation sites is 1. The fourth-order valence-corrected chi connectivity index (χ4v) is 6.04. The van der Waals surface area contributed by atoms with Gasteiger partial charge >= 0.3 is 5.97 Å². The van der Waals surface area contributed by atoms with Crippen LogP contribution in [0.4, 0.5) is 11.4 Å². The van der Waals surface area contributed by atoms with Gasteiger partial charge in [0.15, 0.2) is 0 Å². The zero-order chi connectivity index (χ0) is 34.5. The van der Waals surface area contributed by atoms with Crippen LogP contribution >= 0.6 is 34.8 Å². The summed E-state index contributed by atoms with van der Waals surface area (Å²) in [5.74, 6) is -1.29. The first kappa shape index (κ1) is 38.3. The molecule has 0 bridgehead atoms. The second-order valence-electron chi connectivity index (χ2n) is 11.0. The van der Waals surface area contributed by atoms with E-state index >= 15 is 0 Å². The van der Waals surface area contributed by atoms with Gasteiger partial charge < -0.3 is 14.4 Å². The Hall–Kier alpha value is -3.17. The molecule has 2 aromatic rings. The van der Waals surface area contributed by atoms with Crippen molar-refractivity contribution in [2.75, 3.05) is 42.0 Å². The van der Waals surface area contributed by atoms with Crippen LogP contribution in [-0.2, 0) is 41.5 Å². The van der Waals surface area contributed by atoms with Crippen LogP contribution in [0.25, 0.3) is 6.08 Å². The van der Waals surface area contributed by atoms with Crippen molar-refractivity contribution in [3.63, 3.8) is 0 Å². The van der Waals surface area contributed by atoms with Crippen LogP contribution in [-0.4, -0.2) is 55.9 Å². The van der Waals surface area contributed by atoms with Gasteiger partial charge in [-0.3, -0.25) is 14.4 Å². The summed E-state index contributed by atoms with van der Waals surface area (Å²) in [5.41, 5.74) is 5.43. The number of esters is 1. The molecule has 0 radical (unpaired) electrons. The van der Waals surface area contributed by atoms with Crippen LogP contribution in [0, 0.1) is 0 Å². The van der Waals surface area contributed by atoms with Gasteiger partial charge in [-0.05, 0) is 92.8 Å². The number of hydrogen-bond acceptors (Lipinski definition) is 6. The van der Waals surface area contributed by atoms with Gasteiger partial charge in [0.2, 0.25) is 5.91 Å². The first-order valence-corrected chi connectivity index (χ1v) is 17.4. The minimum absolute atomic E-state index is 0.00498. The Labute approximate surface area is 292 Å². The number of rotatable bonds is 13. The number of amides is 3. The highest BCUT2D eigenvalue weighted by molar-refractivity contribution is 6.43. The molecule has 8 nitrogen and oxygen atoms in total. The third kappa shape index (κ3) is 9.69. The van der Waals surface area contributed by atoms with Gasteiger partial charge in [0.05, 0.1) is 24.6 Å². The summed E-state index contributed by atoms with van der Waals surface area (Å²) in [4.78, 5) is 52.2. The molecule has 0 N–H and O–H groups in total. The first-order chi connectivity index (χ1) is 22.6. The Morgan fingerprint density at radius 1 is 0.936 bits per heavy atom. The van der Waals surface area contributed by atoms with Gasteiger partial charge in [-0.2, -0.15) is 0 Å². The Morgan fingerprint density at radius 2 is 1.55 bits per heavy atom. The highest BCUT2D eigenvalue weighted by atomic mass is 35.5. The van der Waals surface area contributed by atoms with E-state index in [2.05, 4.69) is 39.0 Å². The fraction of sp³-hybridized carbons (Fsp3) is 0.444. The number of nitrogens with zero attached hydrogens (tertiary/aromatic N) is 2. The summed E-state index contributed by atoms with van der Waals surface area (Å²) >= 11 is 17.9. The molecule has 11 heteroatoms. The molecule has 1 heterocycles. The highest BCUT2D eigenvalue weighted by Gasteiger charge is 2.39. The third-order valence-corrected chi connectivity index (χ3v) is 8.67. The smallest absolute Gasteiger partial charge is 0.349 e. The molecule has 4 rings (SSSR count). The number of carbonyl (C=O) groups is 4. The number of alkyl halides is 1. The molecule has 0 saturated carbocycles. The van der Waals surface area contributed by atoms with E-state index in [9.17, 15) is 19.2 Å². The summed E-state index contributed by atoms with van der Waals surface area (Å²) in [6.07, 6.45) is 7.22. The molecule has 2 aliphatic rings. The normalized spacial score (nSPS) is 14.5. The molecule has 2 aromatic carbocycles. The fourth-order valence-electron chi connectivity index (χ4n) is 5.55. The van der Waals surface area contributed by atoms with Crippen molar-refractivity contribution in [2.24, 2.45) is 0 Å². The monoisotopic (exact) mass is 704 g/mol. The zero-order valence-corrected chi connectivity index (χ0v) is 29.8. The number of anilines is 2. The third-order valence-electron chi connectivity index (χ3n) is 7.84. The molecule has 3 amide bonds. The van der Waals surface area contributed by atoms with Gasteiger partial charge in [-0.15, -0.1) is 11.6 Å². The molecule has 1 aliphatic carbocycles. The van der Waals surface area contributed by atoms with Gasteiger partial charge in [0.25, 0.3) is 11.8 Å². The van der Waals surface area contributed by atoms with Gasteiger partial charge in [0, 0.05) is 29.3 Å². The zero-order valence-electron chi connectivity index (χ0n) is 27.5. The van der Waals surface area contributed by atoms with Gasteiger partial charge in [-0.25, -0.2) is 9.69 Å². The topological polar surface area (TPSA) is 93.2 Å². The highest BCUT2D eigenvalue weighted by Crippen LogP contribution is 2.37. The second kappa shape index (κ2) is 19.0. The van der Waals surface area contributed by atoms with Crippen LogP contribution < -0.4 is 9.80 Å². The van der Waals surface area contributed by atoms with Crippen molar-refractivity contribution in [3.05, 3.63) is 74.3 Å². The summed E-state index contributed by atoms with van der Waals surface area (Å²) in [7, 11) is 0. The van der Waals surface area contributed by atoms with Gasteiger partial charge in [-0.1, -0.05) is 62.2 Å². The lowest BCUT2D eigenvalue weighted by atomic mass is 9.93. The summed E-state index contributed by atoms with van der Waals surface area (Å²) in [6.45, 7) is 9.97. The number of imide groups is 1. The standard InChI is InChI=1S/C19H17Cl2NO4.C17H26ClNO2/c1-2-26-19(25)16(21)10-11-9-12(7-8-15(11)20)22-17(23)13-5-3-4-6-14(13)18(22)24;1-4-11-21-12-10-19(16(20)13-18)17-14(5-2)8-7-9-15(17)6-3/h7-10H,2-6H2,1H3;7-9H,4-6,10-13H2,1-3H3/b16-10-;. The Balaban J connectivity index is 0.000000262. The number of carbonyl (C=O) groups excluding carboxylic acids is 4. The van der Waals surface area contributed by atoms with E-state index in [1.807, 2.05) is 0 Å². The summed E-state index contributed by atoms with van der Waals surface area (Å²) < 4.78 is 10.4. The Kier molecular flexibility index (Phi) is 15.5. The van der Waals surface area contributed by atoms with E-state index < -0.39 is 5.97 Å². The Bertz CT molecular complexity index is 1470. The van der Waals surface area contributed by atoms with E-state index in [1.54, 1.807) is 30.0 Å². The maximum atomic E-state index is 12.7. The number of hydrogen-bond donors (Lipinski definition) is 0. The lowest BCUT2D eigenvalue weighted by Crippen LogP contribution is -2.36. The van der Waals surface area contributed by atoms with Gasteiger partial charge in [0.1, 0.15) is 10.9 Å². The van der Waals surface area contributed by atoms with Crippen molar-refractivity contribution in [2.45, 2.75) is 72.6 Å². The predicted octanol–water partition coefficient (Wildman–Crippen LogP) is 8.04. The SMILES string of the molecule is CCCOCCN(C(=O)CCl)c1c(CC)cccc1CC.CCOC(=O)/C(Cl)=C/c1cc(N2C(=O)C3=C(CCCC3)C2=O)ccc1Cl. The predicted molar refractivity (Wildman–Crippen MR) is 189 cm³/mol. The van der Waals surface area contributed by atoms with Crippen molar-refractivity contribution in [3.8, 4) is 0 Å². The number of ether oxygens (including phenoxy) is 2. The quantitative estimate of drug-likeness (QED) is 0.0689. The Morgan fingerprint density at radius 3 is 2.09 bits per heavy atom. The minimum Gasteiger partial charge on any atom is -0.462 e. The molecule has 47 heavy (non-hydrogen) atoms. The molecule has 1 aliphatic heterocycles. The van der Waals surface area contributed by atoms with Crippen LogP contribution in [0.5, 0.6) is 0 Å². The lowest BCUT2D eigenvalue weighted by molar-refractivity contribution is -0.137. The molecule has 0 saturated heterocycles. The van der Waals surface area contributed by atoms with E-state index in [0.717, 1.165) is 44.4 Å². The van der Waals surface area contributed by atoms with E-state index in [1.165, 1.54) is 22.1 Å². The van der Waals surface area contributed by atoms with Crippen molar-refractivity contribution in [1.82, 2.24) is 0 Å². The molecular weight excluding hydrogens is 663 g/mol. The van der Waals surface area contributed by atoms with Crippen molar-refractivity contribution < 1.29 is 28.7 Å². The second-order valence-corrected chi connectivity index (χ2v) is 12.0. The summed E-state index contributed by atoms with van der Waals surface area (Å²) in [6, 6.07) is 10.9. The largest absolute Gasteiger partial charge is 0.462 e. The van der Waals surface area contributed by atoms with Crippen LogP contribution in [0.15, 0.2) is 52.6 Å². The lowest BCUT2D eigenvalue weighted by Gasteiger charge is -2.27. The minimum atomic E-state index is -0.666. The van der Waals surface area contributed by atoms with E-state index in [4.69, 9.17) is 44.3 Å². The molecule has 254 valence electrons. The maximum absolute atomic E-state index is 12.7. The van der Waals surface area contributed by atoms with E-state index in [-0.39, 0.29) is 35.2 Å². The molecule has 0 spiro atoms. The number of benzene rings is 2. The number of halogens is 3. The molecule has 0 fully saturated rings. The van der Waals surface area contributed by atoms with Crippen LogP contribution in [0.3, 0.4) is 0 Å². The average Bonchev–Trinajstić information content (AvgIpc) is 3.34.